The van der Waals surface area contributed by atoms with E-state index in [2.05, 4.69) is 20.8 Å². The number of hydrogen-bond acceptors (Lipinski definition) is 8. The Bertz CT molecular complexity index is 1100. The normalized spacial score (nSPS) is 23.3. The Morgan fingerprint density at radius 1 is 1.20 bits per heavy atom. The molecule has 11 heteroatoms. The number of amides is 2. The van der Waals surface area contributed by atoms with Crippen molar-refractivity contribution >= 4 is 17.8 Å². The molecule has 0 bridgehead atoms. The van der Waals surface area contributed by atoms with Crippen LogP contribution in [0.4, 0.5) is 0 Å². The Hall–Kier alpha value is -3.05. The van der Waals surface area contributed by atoms with Gasteiger partial charge in [0.15, 0.2) is 11.5 Å². The molecule has 0 aliphatic carbocycles. The van der Waals surface area contributed by atoms with Gasteiger partial charge in [0, 0.05) is 57.7 Å². The molecule has 41 heavy (non-hydrogen) atoms. The van der Waals surface area contributed by atoms with Crippen molar-refractivity contribution in [2.75, 3.05) is 59.8 Å². The molecule has 3 aliphatic heterocycles. The zero-order valence-electron chi connectivity index (χ0n) is 24.8. The number of nitrogens with zero attached hydrogens (tertiary/aromatic N) is 3. The number of carbonyl (C=O) groups is 3. The maximum atomic E-state index is 13.6. The highest BCUT2D eigenvalue weighted by molar-refractivity contribution is 5.80. The number of methoxy groups -OCH3 is 1. The van der Waals surface area contributed by atoms with Crippen LogP contribution in [0.1, 0.15) is 64.4 Å². The number of hydrogen-bond donors (Lipinski definition) is 2. The number of ether oxygens (including phenoxy) is 3. The van der Waals surface area contributed by atoms with E-state index in [0.29, 0.717) is 69.2 Å². The van der Waals surface area contributed by atoms with Crippen LogP contribution in [0.2, 0.25) is 0 Å². The number of carboxylic acid groups (broad SMARTS) is 1. The second-order valence-electron chi connectivity index (χ2n) is 12.2. The summed E-state index contributed by atoms with van der Waals surface area (Å²) < 4.78 is 16.7. The first-order chi connectivity index (χ1) is 19.6. The highest BCUT2D eigenvalue weighted by Crippen LogP contribution is 2.47. The lowest BCUT2D eigenvalue weighted by molar-refractivity contribution is -0.144. The van der Waals surface area contributed by atoms with Crippen LogP contribution in [0.25, 0.3) is 0 Å². The maximum absolute atomic E-state index is 13.6. The highest BCUT2D eigenvalue weighted by Gasteiger charge is 2.48. The molecule has 0 saturated carbocycles. The summed E-state index contributed by atoms with van der Waals surface area (Å²) in [5.41, 5.74) is 0.632. The summed E-state index contributed by atoms with van der Waals surface area (Å²) >= 11 is 0. The van der Waals surface area contributed by atoms with Gasteiger partial charge in [-0.15, -0.1) is 0 Å². The topological polar surface area (TPSA) is 129 Å². The molecule has 228 valence electrons. The number of aliphatic carboxylic acids is 1. The smallest absolute Gasteiger partial charge is 0.308 e. The third-order valence-corrected chi connectivity index (χ3v) is 8.50. The first-order valence-electron chi connectivity index (χ1n) is 14.7. The third-order valence-electron chi connectivity index (χ3n) is 8.50. The second kappa shape index (κ2) is 13.3. The number of carbonyl (C=O) groups excluding carboxylic acids is 2. The van der Waals surface area contributed by atoms with Gasteiger partial charge in [-0.05, 0) is 42.4 Å². The maximum Gasteiger partial charge on any atom is 0.308 e. The summed E-state index contributed by atoms with van der Waals surface area (Å²) in [6.45, 7) is 8.79. The van der Waals surface area contributed by atoms with Gasteiger partial charge < -0.3 is 34.2 Å². The van der Waals surface area contributed by atoms with Crippen molar-refractivity contribution in [3.63, 3.8) is 0 Å². The number of aliphatic hydroxyl groups is 1. The molecule has 3 aliphatic rings. The van der Waals surface area contributed by atoms with Crippen molar-refractivity contribution in [1.82, 2.24) is 14.7 Å². The van der Waals surface area contributed by atoms with Gasteiger partial charge in [-0.1, -0.05) is 27.2 Å². The zero-order chi connectivity index (χ0) is 29.7. The number of fused-ring (bicyclic) bond motifs is 1. The quantitative estimate of drug-likeness (QED) is 0.344. The Kier molecular flexibility index (Phi) is 10.0. The second-order valence-corrected chi connectivity index (χ2v) is 12.2. The monoisotopic (exact) mass is 575 g/mol. The van der Waals surface area contributed by atoms with E-state index >= 15 is 0 Å². The van der Waals surface area contributed by atoms with E-state index in [1.807, 2.05) is 15.9 Å². The molecule has 0 aromatic heterocycles. The van der Waals surface area contributed by atoms with Gasteiger partial charge in [-0.2, -0.15) is 0 Å². The molecule has 2 saturated heterocycles. The molecular weight excluding hydrogens is 530 g/mol. The van der Waals surface area contributed by atoms with Gasteiger partial charge in [-0.25, -0.2) is 0 Å². The molecule has 0 unspecified atom stereocenters. The van der Waals surface area contributed by atoms with Crippen molar-refractivity contribution in [3.05, 3.63) is 17.7 Å². The van der Waals surface area contributed by atoms with Crippen LogP contribution >= 0.6 is 0 Å². The van der Waals surface area contributed by atoms with Crippen LogP contribution in [0.15, 0.2) is 12.1 Å². The average molecular weight is 576 g/mol. The fourth-order valence-electron chi connectivity index (χ4n) is 6.47. The fourth-order valence-corrected chi connectivity index (χ4v) is 6.47. The minimum atomic E-state index is -0.942. The number of aliphatic hydroxyl groups excluding tert-OH is 1. The Labute approximate surface area is 242 Å². The molecule has 2 amide bonds. The molecule has 3 heterocycles. The van der Waals surface area contributed by atoms with Crippen molar-refractivity contribution in [3.8, 4) is 17.2 Å². The first-order valence-corrected chi connectivity index (χ1v) is 14.7. The van der Waals surface area contributed by atoms with Crippen LogP contribution in [0.5, 0.6) is 17.2 Å². The van der Waals surface area contributed by atoms with E-state index in [4.69, 9.17) is 14.2 Å². The van der Waals surface area contributed by atoms with Crippen LogP contribution < -0.4 is 14.2 Å². The van der Waals surface area contributed by atoms with Gasteiger partial charge in [0.1, 0.15) is 0 Å². The summed E-state index contributed by atoms with van der Waals surface area (Å²) in [7, 11) is 1.53. The lowest BCUT2D eigenvalue weighted by Crippen LogP contribution is -2.46. The standard InChI is InChI=1S/C30H45N3O8/c1-5-6-9-31(10-7-12-34)26(36)17-33-16-21(20-13-23(39-4)28-24(14-20)40-19-41-28)27(29(37)38)22(33)8-11-32-18-30(2,3)15-25(32)35/h13-14,21-22,27,34H,5-12,15-19H2,1-4H3,(H,37,38)/t21-,22+,27-/m1/s1. The number of likely N-dealkylation sites (tertiary alicyclic amines) is 2. The molecule has 2 fully saturated rings. The highest BCUT2D eigenvalue weighted by atomic mass is 16.7. The summed E-state index contributed by atoms with van der Waals surface area (Å²) in [6.07, 6.45) is 3.19. The predicted octanol–water partition coefficient (Wildman–Crippen LogP) is 2.55. The van der Waals surface area contributed by atoms with Gasteiger partial charge in [0.2, 0.25) is 24.4 Å². The molecule has 11 nitrogen and oxygen atoms in total. The van der Waals surface area contributed by atoms with E-state index in [1.54, 1.807) is 11.0 Å². The van der Waals surface area contributed by atoms with Gasteiger partial charge in [0.25, 0.3) is 0 Å². The van der Waals surface area contributed by atoms with E-state index in [1.165, 1.54) is 7.11 Å². The van der Waals surface area contributed by atoms with Crippen LogP contribution in [-0.2, 0) is 14.4 Å². The first kappa shape index (κ1) is 30.9. The van der Waals surface area contributed by atoms with Crippen molar-refractivity contribution in [1.29, 1.82) is 0 Å². The lowest BCUT2D eigenvalue weighted by Gasteiger charge is -2.31. The summed E-state index contributed by atoms with van der Waals surface area (Å²) in [5, 5.41) is 19.9. The minimum Gasteiger partial charge on any atom is -0.493 e. The molecule has 1 aromatic carbocycles. The van der Waals surface area contributed by atoms with E-state index < -0.39 is 23.8 Å². The van der Waals surface area contributed by atoms with Gasteiger partial charge in [-0.3, -0.25) is 19.3 Å². The number of carboxylic acids is 1. The zero-order valence-corrected chi connectivity index (χ0v) is 24.8. The van der Waals surface area contributed by atoms with Crippen LogP contribution in [0.3, 0.4) is 0 Å². The van der Waals surface area contributed by atoms with Crippen molar-refractivity contribution < 1.29 is 38.8 Å². The fraction of sp³-hybridized carbons (Fsp3) is 0.700. The molecular formula is C30H45N3O8. The minimum absolute atomic E-state index is 0.00242. The molecule has 2 N–H and O–H groups in total. The molecule has 1 aromatic rings. The molecule has 0 spiro atoms. The Balaban J connectivity index is 1.62. The molecule has 0 radical (unpaired) electrons. The summed E-state index contributed by atoms with van der Waals surface area (Å²) in [5.74, 6) is -0.698. The largest absolute Gasteiger partial charge is 0.493 e. The SMILES string of the molecule is CCCCN(CCCO)C(=O)CN1C[C@H](c2cc(OC)c3c(c2)OCO3)[C@@H](C(=O)O)[C@@H]1CCN1CC(C)(C)CC1=O. The van der Waals surface area contributed by atoms with Crippen molar-refractivity contribution in [2.24, 2.45) is 11.3 Å². The van der Waals surface area contributed by atoms with Gasteiger partial charge >= 0.3 is 5.97 Å². The lowest BCUT2D eigenvalue weighted by atomic mass is 9.84. The average Bonchev–Trinajstić information content (AvgIpc) is 3.61. The number of unbranched alkanes of at least 4 members (excludes halogenated alkanes) is 1. The third kappa shape index (κ3) is 7.06. The predicted molar refractivity (Wildman–Crippen MR) is 151 cm³/mol. The van der Waals surface area contributed by atoms with Crippen LogP contribution in [-0.4, -0.2) is 109 Å². The summed E-state index contributed by atoms with van der Waals surface area (Å²) in [4.78, 5) is 44.7. The number of benzene rings is 1. The Morgan fingerprint density at radius 3 is 2.59 bits per heavy atom. The van der Waals surface area contributed by atoms with E-state index in [-0.39, 0.29) is 37.2 Å². The van der Waals surface area contributed by atoms with Crippen molar-refractivity contribution in [2.45, 2.75) is 64.8 Å². The Morgan fingerprint density at radius 2 is 1.95 bits per heavy atom. The van der Waals surface area contributed by atoms with Crippen LogP contribution in [0, 0.1) is 11.3 Å². The summed E-state index contributed by atoms with van der Waals surface area (Å²) in [6, 6.07) is 3.16. The van der Waals surface area contributed by atoms with E-state index in [9.17, 15) is 24.6 Å². The number of rotatable bonds is 14. The molecule has 4 rings (SSSR count). The van der Waals surface area contributed by atoms with E-state index in [0.717, 1.165) is 18.4 Å². The molecule has 3 atom stereocenters. The van der Waals surface area contributed by atoms with Gasteiger partial charge in [0.05, 0.1) is 19.6 Å².